The molecule has 0 saturated carbocycles. The van der Waals surface area contributed by atoms with Crippen molar-refractivity contribution in [2.75, 3.05) is 32.6 Å². The first kappa shape index (κ1) is 42.5. The van der Waals surface area contributed by atoms with E-state index in [9.17, 15) is 19.2 Å². The van der Waals surface area contributed by atoms with Gasteiger partial charge in [-0.25, -0.2) is 14.8 Å². The molecule has 2 aromatic carbocycles. The van der Waals surface area contributed by atoms with Crippen molar-refractivity contribution in [3.05, 3.63) is 60.6 Å². The van der Waals surface area contributed by atoms with Crippen molar-refractivity contribution in [3.63, 3.8) is 0 Å². The minimum Gasteiger partial charge on any atom is -0.484 e. The monoisotopic (exact) mass is 782 g/mol. The first-order chi connectivity index (χ1) is 27.1. The topological polar surface area (TPSA) is 174 Å². The molecule has 4 amide bonds. The van der Waals surface area contributed by atoms with E-state index in [1.54, 1.807) is 21.0 Å². The maximum atomic E-state index is 13.9. The molecule has 1 aliphatic rings. The Kier molecular flexibility index (Phi) is 13.5. The van der Waals surface area contributed by atoms with Gasteiger partial charge in [-0.2, -0.15) is 0 Å². The second-order valence-electron chi connectivity index (χ2n) is 15.5. The Bertz CT molecular complexity index is 2090. The number of aliphatic imine (C=N–C) groups is 1. The highest BCUT2D eigenvalue weighted by Gasteiger charge is 2.43. The number of nitrogens with one attached hydrogen (secondary N) is 4. The lowest BCUT2D eigenvalue weighted by atomic mass is 9.92. The number of fused-ring (bicyclic) bond motifs is 1. The Labute approximate surface area is 335 Å². The summed E-state index contributed by atoms with van der Waals surface area (Å²) in [5, 5.41) is 6.58. The van der Waals surface area contributed by atoms with Crippen molar-refractivity contribution in [1.29, 1.82) is 0 Å². The predicted molar refractivity (Wildman–Crippen MR) is 223 cm³/mol. The van der Waals surface area contributed by atoms with Gasteiger partial charge in [-0.15, -0.1) is 0 Å². The number of nitrogens with zero attached hydrogens (tertiary/aromatic N) is 4. The number of imidazole rings is 1. The van der Waals surface area contributed by atoms with Crippen LogP contribution in [-0.4, -0.2) is 99.4 Å². The summed E-state index contributed by atoms with van der Waals surface area (Å²) >= 11 is 0. The van der Waals surface area contributed by atoms with Crippen LogP contribution < -0.4 is 10.6 Å². The maximum absolute atomic E-state index is 13.9. The number of H-pyrrole nitrogens is 2. The SMILES string of the molecule is CCN(C(=O)C(NC(=O)OC)C(C)C)C(C)(CC)C(=O)Nc1ccc2[nH]c(-c3ccc(-c4cnc(C5CCCN5C(=O)C(N=C(C)OC)C(C)C)[nH]4)cc3)cc2c1. The highest BCUT2D eigenvalue weighted by atomic mass is 16.5. The number of alkyl carbamates (subject to hydrolysis) is 1. The molecular formula is C43H58N8O6. The van der Waals surface area contributed by atoms with Gasteiger partial charge < -0.3 is 39.9 Å². The standard InChI is InChI=1S/C43H58N8O6/c1-11-43(8,51(12-2)40(53)37(26(5)6)49-42(55)57-10)41(54)46-31-19-20-32-30(22-31)23-33(47-32)28-15-17-29(18-16-28)34-24-44-38(48-34)35-14-13-21-50(35)39(52)36(25(3)4)45-27(7)56-9/h15-20,22-26,35-37,47H,11-14,21H2,1-10H3,(H,44,48)(H,46,54)(H,49,55). The number of amides is 4. The van der Waals surface area contributed by atoms with Gasteiger partial charge >= 0.3 is 6.09 Å². The number of anilines is 1. The molecule has 57 heavy (non-hydrogen) atoms. The summed E-state index contributed by atoms with van der Waals surface area (Å²) in [6, 6.07) is 14.3. The van der Waals surface area contributed by atoms with E-state index >= 15 is 0 Å². The van der Waals surface area contributed by atoms with Gasteiger partial charge in [-0.05, 0) is 80.3 Å². The molecule has 14 nitrogen and oxygen atoms in total. The molecule has 5 rings (SSSR count). The number of aromatic amines is 2. The summed E-state index contributed by atoms with van der Waals surface area (Å²) in [7, 11) is 2.81. The number of benzene rings is 2. The van der Waals surface area contributed by atoms with Crippen molar-refractivity contribution in [2.45, 2.75) is 98.3 Å². The molecule has 4 N–H and O–H groups in total. The Hall–Kier alpha value is -5.66. The fourth-order valence-corrected chi connectivity index (χ4v) is 7.43. The van der Waals surface area contributed by atoms with E-state index in [-0.39, 0.29) is 42.1 Å². The van der Waals surface area contributed by atoms with Crippen molar-refractivity contribution in [3.8, 4) is 22.5 Å². The summed E-state index contributed by atoms with van der Waals surface area (Å²) in [4.78, 5) is 73.0. The molecule has 0 bridgehead atoms. The molecule has 0 radical (unpaired) electrons. The zero-order chi connectivity index (χ0) is 41.6. The molecule has 4 unspecified atom stereocenters. The third kappa shape index (κ3) is 9.16. The van der Waals surface area contributed by atoms with E-state index in [2.05, 4.69) is 25.6 Å². The molecular weight excluding hydrogens is 725 g/mol. The number of carbonyl (C=O) groups excluding carboxylic acids is 4. The smallest absolute Gasteiger partial charge is 0.407 e. The minimum absolute atomic E-state index is 0.0141. The van der Waals surface area contributed by atoms with Gasteiger partial charge in [-0.1, -0.05) is 58.9 Å². The highest BCUT2D eigenvalue weighted by Crippen LogP contribution is 2.34. The molecule has 4 aromatic rings. The number of carbonyl (C=O) groups is 4. The summed E-state index contributed by atoms with van der Waals surface area (Å²) in [5.41, 5.74) is 4.04. The molecule has 2 aromatic heterocycles. The van der Waals surface area contributed by atoms with Crippen LogP contribution in [0.5, 0.6) is 0 Å². The van der Waals surface area contributed by atoms with Crippen LogP contribution in [0.2, 0.25) is 0 Å². The Balaban J connectivity index is 1.29. The number of methoxy groups -OCH3 is 2. The van der Waals surface area contributed by atoms with E-state index in [0.717, 1.165) is 52.1 Å². The fraction of sp³-hybridized carbons (Fsp3) is 0.488. The average Bonchev–Trinajstić information content (AvgIpc) is 3.98. The van der Waals surface area contributed by atoms with Crippen molar-refractivity contribution >= 4 is 46.3 Å². The Morgan fingerprint density at radius 2 is 1.65 bits per heavy atom. The van der Waals surface area contributed by atoms with Crippen LogP contribution in [0, 0.1) is 11.8 Å². The normalized spacial score (nSPS) is 16.7. The summed E-state index contributed by atoms with van der Waals surface area (Å²) in [5.74, 6) is 0.352. The van der Waals surface area contributed by atoms with Crippen LogP contribution in [-0.2, 0) is 23.9 Å². The van der Waals surface area contributed by atoms with Gasteiger partial charge in [0, 0.05) is 42.3 Å². The van der Waals surface area contributed by atoms with E-state index in [0.29, 0.717) is 24.6 Å². The molecule has 1 fully saturated rings. The number of rotatable bonds is 14. The molecule has 14 heteroatoms. The minimum atomic E-state index is -1.19. The number of hydrogen-bond acceptors (Lipinski definition) is 8. The van der Waals surface area contributed by atoms with Crippen LogP contribution in [0.15, 0.2) is 59.7 Å². The zero-order valence-electron chi connectivity index (χ0n) is 34.9. The molecule has 0 aliphatic carbocycles. The van der Waals surface area contributed by atoms with Gasteiger partial charge in [0.05, 0.1) is 32.2 Å². The van der Waals surface area contributed by atoms with Crippen molar-refractivity contribution in [1.82, 2.24) is 30.1 Å². The molecule has 4 atom stereocenters. The quantitative estimate of drug-likeness (QED) is 0.0766. The second kappa shape index (κ2) is 18.1. The van der Waals surface area contributed by atoms with Crippen molar-refractivity contribution < 1.29 is 28.7 Å². The van der Waals surface area contributed by atoms with E-state index in [4.69, 9.17) is 14.5 Å². The molecule has 1 aliphatic heterocycles. The predicted octanol–water partition coefficient (Wildman–Crippen LogP) is 7.31. The third-order valence-corrected chi connectivity index (χ3v) is 11.1. The summed E-state index contributed by atoms with van der Waals surface area (Å²) in [6.07, 6.45) is 3.19. The Morgan fingerprint density at radius 3 is 2.25 bits per heavy atom. The van der Waals surface area contributed by atoms with Gasteiger partial charge in [0.15, 0.2) is 5.90 Å². The molecule has 3 heterocycles. The van der Waals surface area contributed by atoms with Crippen LogP contribution >= 0.6 is 0 Å². The van der Waals surface area contributed by atoms with Gasteiger partial charge in [0.2, 0.25) is 17.7 Å². The lowest BCUT2D eigenvalue weighted by molar-refractivity contribution is -0.147. The lowest BCUT2D eigenvalue weighted by Gasteiger charge is -2.41. The zero-order valence-corrected chi connectivity index (χ0v) is 34.9. The lowest BCUT2D eigenvalue weighted by Crippen LogP contribution is -2.62. The van der Waals surface area contributed by atoms with E-state index in [1.165, 1.54) is 12.0 Å². The number of likely N-dealkylation sites (tertiary alicyclic amines) is 1. The summed E-state index contributed by atoms with van der Waals surface area (Å²) in [6.45, 7) is 15.8. The second-order valence-corrected chi connectivity index (χ2v) is 15.5. The molecule has 0 spiro atoms. The first-order valence-electron chi connectivity index (χ1n) is 19.8. The van der Waals surface area contributed by atoms with Crippen LogP contribution in [0.3, 0.4) is 0 Å². The highest BCUT2D eigenvalue weighted by molar-refractivity contribution is 6.02. The molecule has 1 saturated heterocycles. The fourth-order valence-electron chi connectivity index (χ4n) is 7.43. The van der Waals surface area contributed by atoms with Crippen LogP contribution in [0.25, 0.3) is 33.4 Å². The first-order valence-corrected chi connectivity index (χ1v) is 19.8. The number of ether oxygens (including phenoxy) is 2. The van der Waals surface area contributed by atoms with E-state index < -0.39 is 23.7 Å². The average molecular weight is 783 g/mol. The Morgan fingerprint density at radius 1 is 0.965 bits per heavy atom. The van der Waals surface area contributed by atoms with Gasteiger partial charge in [0.25, 0.3) is 0 Å². The van der Waals surface area contributed by atoms with Crippen molar-refractivity contribution in [2.24, 2.45) is 16.8 Å². The number of aromatic nitrogens is 3. The van der Waals surface area contributed by atoms with Gasteiger partial charge in [0.1, 0.15) is 23.4 Å². The largest absolute Gasteiger partial charge is 0.484 e. The van der Waals surface area contributed by atoms with Crippen LogP contribution in [0.1, 0.15) is 86.5 Å². The summed E-state index contributed by atoms with van der Waals surface area (Å²) < 4.78 is 10.00. The van der Waals surface area contributed by atoms with Crippen LogP contribution in [0.4, 0.5) is 10.5 Å². The van der Waals surface area contributed by atoms with E-state index in [1.807, 2.05) is 101 Å². The molecule has 306 valence electrons. The number of likely N-dealkylation sites (N-methyl/N-ethyl adjacent to an activating group) is 1. The number of hydrogen-bond donors (Lipinski definition) is 4. The van der Waals surface area contributed by atoms with Gasteiger partial charge in [-0.3, -0.25) is 14.4 Å². The maximum Gasteiger partial charge on any atom is 0.407 e. The third-order valence-electron chi connectivity index (χ3n) is 11.1.